The van der Waals surface area contributed by atoms with Gasteiger partial charge in [0.2, 0.25) is 0 Å². The highest BCUT2D eigenvalue weighted by molar-refractivity contribution is 6.32. The highest BCUT2D eigenvalue weighted by atomic mass is 35.5. The highest BCUT2D eigenvalue weighted by Gasteiger charge is 2.22. The number of benzene rings is 1. The van der Waals surface area contributed by atoms with Gasteiger partial charge in [0, 0.05) is 17.3 Å². The summed E-state index contributed by atoms with van der Waals surface area (Å²) in [7, 11) is 0. The first-order chi connectivity index (χ1) is 6.50. The van der Waals surface area contributed by atoms with Gasteiger partial charge in [0.05, 0.1) is 0 Å². The first kappa shape index (κ1) is 9.85. The van der Waals surface area contributed by atoms with Crippen LogP contribution in [0.3, 0.4) is 0 Å². The lowest BCUT2D eigenvalue weighted by molar-refractivity contribution is 0.590. The van der Waals surface area contributed by atoms with Crippen LogP contribution in [0.4, 0.5) is 5.69 Å². The van der Waals surface area contributed by atoms with Crippen molar-refractivity contribution >= 4 is 17.3 Å². The Morgan fingerprint density at radius 2 is 2.00 bits per heavy atom. The van der Waals surface area contributed by atoms with Crippen molar-refractivity contribution in [3.8, 4) is 0 Å². The lowest BCUT2D eigenvalue weighted by atomic mass is 9.85. The maximum atomic E-state index is 6.40. The average molecular weight is 210 g/mol. The first-order valence-corrected chi connectivity index (χ1v) is 5.43. The number of rotatable bonds is 0. The molecule has 0 radical (unpaired) electrons. The van der Waals surface area contributed by atoms with Crippen molar-refractivity contribution in [3.05, 3.63) is 28.3 Å². The molecule has 0 atom stereocenters. The summed E-state index contributed by atoms with van der Waals surface area (Å²) in [6, 6.07) is 4.29. The molecule has 2 rings (SSSR count). The average Bonchev–Trinajstić information content (AvgIpc) is 2.50. The molecule has 1 aliphatic rings. The number of fused-ring (bicyclic) bond motifs is 1. The van der Waals surface area contributed by atoms with Crippen molar-refractivity contribution in [2.45, 2.75) is 32.6 Å². The van der Waals surface area contributed by atoms with Crippen LogP contribution in [0.5, 0.6) is 0 Å². The zero-order valence-corrected chi connectivity index (χ0v) is 9.70. The lowest BCUT2D eigenvalue weighted by Crippen LogP contribution is -2.12. The lowest BCUT2D eigenvalue weighted by Gasteiger charge is -2.22. The van der Waals surface area contributed by atoms with Crippen molar-refractivity contribution in [2.24, 2.45) is 0 Å². The second-order valence-electron chi connectivity index (χ2n) is 4.88. The van der Waals surface area contributed by atoms with Crippen LogP contribution in [0.1, 0.15) is 31.9 Å². The Bertz CT molecular complexity index is 363. The van der Waals surface area contributed by atoms with Gasteiger partial charge in [-0.3, -0.25) is 0 Å². The van der Waals surface area contributed by atoms with Crippen LogP contribution < -0.4 is 5.32 Å². The van der Waals surface area contributed by atoms with Crippen LogP contribution in [-0.4, -0.2) is 6.54 Å². The fourth-order valence-electron chi connectivity index (χ4n) is 1.93. The largest absolute Gasteiger partial charge is 0.384 e. The molecule has 1 aromatic rings. The fraction of sp³-hybridized carbons (Fsp3) is 0.500. The quantitative estimate of drug-likeness (QED) is 0.689. The summed E-state index contributed by atoms with van der Waals surface area (Å²) in [6.07, 6.45) is 1.05. The Kier molecular flexibility index (Phi) is 2.23. The number of anilines is 1. The summed E-state index contributed by atoms with van der Waals surface area (Å²) in [5, 5.41) is 4.29. The van der Waals surface area contributed by atoms with E-state index in [0.717, 1.165) is 18.0 Å². The standard InChI is InChI=1S/C12H16ClN/c1-12(2,3)9-4-5-10-8(11(9)13)6-7-14-10/h4-5,14H,6-7H2,1-3H3. The third-order valence-electron chi connectivity index (χ3n) is 2.74. The second kappa shape index (κ2) is 3.16. The molecule has 0 unspecified atom stereocenters. The summed E-state index contributed by atoms with van der Waals surface area (Å²) in [5.74, 6) is 0. The number of hydrogen-bond acceptors (Lipinski definition) is 1. The zero-order chi connectivity index (χ0) is 10.3. The van der Waals surface area contributed by atoms with E-state index in [1.54, 1.807) is 0 Å². The van der Waals surface area contributed by atoms with E-state index in [0.29, 0.717) is 0 Å². The summed E-state index contributed by atoms with van der Waals surface area (Å²) >= 11 is 6.40. The summed E-state index contributed by atoms with van der Waals surface area (Å²) < 4.78 is 0. The van der Waals surface area contributed by atoms with Gasteiger partial charge in [-0.2, -0.15) is 0 Å². The van der Waals surface area contributed by atoms with E-state index in [1.165, 1.54) is 16.8 Å². The van der Waals surface area contributed by atoms with Crippen LogP contribution in [0.2, 0.25) is 5.02 Å². The Balaban J connectivity index is 2.56. The van der Waals surface area contributed by atoms with Gasteiger partial charge in [-0.1, -0.05) is 38.4 Å². The molecule has 1 aliphatic heterocycles. The van der Waals surface area contributed by atoms with Crippen LogP contribution in [0, 0.1) is 0 Å². The van der Waals surface area contributed by atoms with E-state index >= 15 is 0 Å². The van der Waals surface area contributed by atoms with Crippen molar-refractivity contribution in [3.63, 3.8) is 0 Å². The van der Waals surface area contributed by atoms with E-state index in [4.69, 9.17) is 11.6 Å². The Labute approximate surface area is 90.5 Å². The van der Waals surface area contributed by atoms with Gasteiger partial charge in [0.25, 0.3) is 0 Å². The second-order valence-corrected chi connectivity index (χ2v) is 5.26. The van der Waals surface area contributed by atoms with Crippen LogP contribution in [0.15, 0.2) is 12.1 Å². The molecule has 1 nitrogen and oxygen atoms in total. The van der Waals surface area contributed by atoms with Gasteiger partial charge in [-0.15, -0.1) is 0 Å². The molecule has 14 heavy (non-hydrogen) atoms. The molecule has 1 N–H and O–H groups in total. The van der Waals surface area contributed by atoms with E-state index in [-0.39, 0.29) is 5.41 Å². The number of hydrogen-bond donors (Lipinski definition) is 1. The Morgan fingerprint density at radius 1 is 1.29 bits per heavy atom. The Morgan fingerprint density at radius 3 is 2.64 bits per heavy atom. The summed E-state index contributed by atoms with van der Waals surface area (Å²) in [4.78, 5) is 0. The topological polar surface area (TPSA) is 12.0 Å². The van der Waals surface area contributed by atoms with Gasteiger partial charge in [-0.25, -0.2) is 0 Å². The summed E-state index contributed by atoms with van der Waals surface area (Å²) in [6.45, 7) is 7.61. The Hall–Kier alpha value is -0.690. The smallest absolute Gasteiger partial charge is 0.0496 e. The third-order valence-corrected chi connectivity index (χ3v) is 3.17. The molecule has 0 bridgehead atoms. The molecule has 2 heteroatoms. The molecule has 0 aliphatic carbocycles. The molecule has 1 aromatic carbocycles. The number of halogens is 1. The minimum atomic E-state index is 0.134. The summed E-state index contributed by atoms with van der Waals surface area (Å²) in [5.41, 5.74) is 3.89. The minimum Gasteiger partial charge on any atom is -0.384 e. The van der Waals surface area contributed by atoms with Crippen LogP contribution in [-0.2, 0) is 11.8 Å². The molecule has 0 saturated heterocycles. The molecular weight excluding hydrogens is 194 g/mol. The number of nitrogens with one attached hydrogen (secondary N) is 1. The van der Waals surface area contributed by atoms with Gasteiger partial charge in [-0.05, 0) is 29.0 Å². The molecule has 0 spiro atoms. The normalized spacial score (nSPS) is 15.1. The van der Waals surface area contributed by atoms with Crippen LogP contribution >= 0.6 is 11.6 Å². The molecule has 1 heterocycles. The van der Waals surface area contributed by atoms with E-state index in [2.05, 4.69) is 38.2 Å². The van der Waals surface area contributed by atoms with Crippen LogP contribution in [0.25, 0.3) is 0 Å². The molecular formula is C12H16ClN. The maximum absolute atomic E-state index is 6.40. The van der Waals surface area contributed by atoms with Crippen molar-refractivity contribution in [1.29, 1.82) is 0 Å². The van der Waals surface area contributed by atoms with E-state index in [1.807, 2.05) is 0 Å². The third kappa shape index (κ3) is 1.50. The predicted octanol–water partition coefficient (Wildman–Crippen LogP) is 3.61. The molecule has 0 saturated carbocycles. The first-order valence-electron chi connectivity index (χ1n) is 5.06. The zero-order valence-electron chi connectivity index (χ0n) is 8.95. The molecule has 76 valence electrons. The van der Waals surface area contributed by atoms with Crippen molar-refractivity contribution in [1.82, 2.24) is 0 Å². The van der Waals surface area contributed by atoms with Gasteiger partial charge < -0.3 is 5.32 Å². The van der Waals surface area contributed by atoms with E-state index in [9.17, 15) is 0 Å². The monoisotopic (exact) mass is 209 g/mol. The van der Waals surface area contributed by atoms with Gasteiger partial charge in [0.1, 0.15) is 0 Å². The predicted molar refractivity (Wildman–Crippen MR) is 62.3 cm³/mol. The van der Waals surface area contributed by atoms with Crippen molar-refractivity contribution < 1.29 is 0 Å². The molecule has 0 aromatic heterocycles. The van der Waals surface area contributed by atoms with Crippen molar-refractivity contribution in [2.75, 3.05) is 11.9 Å². The maximum Gasteiger partial charge on any atom is 0.0496 e. The van der Waals surface area contributed by atoms with Gasteiger partial charge >= 0.3 is 0 Å². The SMILES string of the molecule is CC(C)(C)c1ccc2c(c1Cl)CCN2. The minimum absolute atomic E-state index is 0.134. The fourth-order valence-corrected chi connectivity index (χ4v) is 2.48. The highest BCUT2D eigenvalue weighted by Crippen LogP contribution is 2.37. The van der Waals surface area contributed by atoms with Gasteiger partial charge in [0.15, 0.2) is 0 Å². The molecule has 0 amide bonds. The molecule has 0 fully saturated rings. The van der Waals surface area contributed by atoms with E-state index < -0.39 is 0 Å².